The summed E-state index contributed by atoms with van der Waals surface area (Å²) in [4.78, 5) is 4.35. The first kappa shape index (κ1) is 17.0. The molecule has 0 spiro atoms. The van der Waals surface area contributed by atoms with Crippen LogP contribution in [0.3, 0.4) is 0 Å². The summed E-state index contributed by atoms with van der Waals surface area (Å²) >= 11 is 0. The van der Waals surface area contributed by atoms with Gasteiger partial charge in [0, 0.05) is 11.5 Å². The molecule has 0 radical (unpaired) electrons. The third-order valence-electron chi connectivity index (χ3n) is 4.78. The predicted octanol–water partition coefficient (Wildman–Crippen LogP) is 5.83. The Balaban J connectivity index is 1.72. The second-order valence-electron chi connectivity index (χ2n) is 6.54. The maximum Gasteiger partial charge on any atom is 0.416 e. The zero-order valence-electron chi connectivity index (χ0n) is 13.6. The average Bonchev–Trinajstić information content (AvgIpc) is 3.05. The Kier molecular flexibility index (Phi) is 4.92. The normalized spacial score (nSPS) is 21.8. The Bertz CT molecular complexity index is 673. The van der Waals surface area contributed by atoms with Crippen LogP contribution in [0.25, 0.3) is 11.4 Å². The average molecular weight is 338 g/mol. The Morgan fingerprint density at radius 2 is 1.92 bits per heavy atom. The molecule has 1 aromatic carbocycles. The van der Waals surface area contributed by atoms with E-state index < -0.39 is 11.7 Å². The van der Waals surface area contributed by atoms with Crippen molar-refractivity contribution in [2.24, 2.45) is 5.92 Å². The van der Waals surface area contributed by atoms with Gasteiger partial charge in [-0.15, -0.1) is 0 Å². The van der Waals surface area contributed by atoms with Crippen molar-refractivity contribution in [2.45, 2.75) is 57.5 Å². The molecular formula is C18H21F3N2O. The molecule has 1 aromatic heterocycles. The zero-order chi connectivity index (χ0) is 17.2. The Morgan fingerprint density at radius 1 is 1.17 bits per heavy atom. The second kappa shape index (κ2) is 6.95. The van der Waals surface area contributed by atoms with Crippen molar-refractivity contribution in [3.05, 3.63) is 35.7 Å². The van der Waals surface area contributed by atoms with Crippen LogP contribution in [0, 0.1) is 5.92 Å². The number of benzene rings is 1. The number of rotatable bonds is 4. The van der Waals surface area contributed by atoms with Gasteiger partial charge in [0.2, 0.25) is 11.7 Å². The Morgan fingerprint density at radius 3 is 2.58 bits per heavy atom. The van der Waals surface area contributed by atoms with Crippen LogP contribution >= 0.6 is 0 Å². The molecule has 6 heteroatoms. The van der Waals surface area contributed by atoms with Gasteiger partial charge in [-0.3, -0.25) is 0 Å². The van der Waals surface area contributed by atoms with E-state index >= 15 is 0 Å². The molecular weight excluding hydrogens is 317 g/mol. The van der Waals surface area contributed by atoms with Gasteiger partial charge in [-0.05, 0) is 43.7 Å². The number of halogens is 3. The highest BCUT2D eigenvalue weighted by Gasteiger charge is 2.31. The van der Waals surface area contributed by atoms with Crippen LogP contribution in [-0.4, -0.2) is 10.1 Å². The summed E-state index contributed by atoms with van der Waals surface area (Å²) < 4.78 is 43.8. The topological polar surface area (TPSA) is 38.9 Å². The van der Waals surface area contributed by atoms with Gasteiger partial charge in [-0.25, -0.2) is 0 Å². The highest BCUT2D eigenvalue weighted by atomic mass is 19.4. The number of hydrogen-bond donors (Lipinski definition) is 0. The molecule has 0 unspecified atom stereocenters. The second-order valence-corrected chi connectivity index (χ2v) is 6.54. The van der Waals surface area contributed by atoms with Crippen LogP contribution < -0.4 is 0 Å². The molecule has 2 aromatic rings. The minimum Gasteiger partial charge on any atom is -0.339 e. The monoisotopic (exact) mass is 338 g/mol. The Labute approximate surface area is 139 Å². The lowest BCUT2D eigenvalue weighted by atomic mass is 9.80. The lowest BCUT2D eigenvalue weighted by Gasteiger charge is -2.25. The fourth-order valence-corrected chi connectivity index (χ4v) is 3.46. The molecule has 1 heterocycles. The van der Waals surface area contributed by atoms with Crippen molar-refractivity contribution in [3.63, 3.8) is 0 Å². The highest BCUT2D eigenvalue weighted by Crippen LogP contribution is 2.37. The van der Waals surface area contributed by atoms with Crippen LogP contribution in [0.5, 0.6) is 0 Å². The van der Waals surface area contributed by atoms with Crippen molar-refractivity contribution in [3.8, 4) is 11.4 Å². The molecule has 0 N–H and O–H groups in total. The van der Waals surface area contributed by atoms with E-state index in [1.54, 1.807) is 6.07 Å². The van der Waals surface area contributed by atoms with Gasteiger partial charge in [-0.2, -0.15) is 18.2 Å². The first-order valence-electron chi connectivity index (χ1n) is 8.48. The van der Waals surface area contributed by atoms with Gasteiger partial charge >= 0.3 is 6.18 Å². The summed E-state index contributed by atoms with van der Waals surface area (Å²) in [5, 5.41) is 3.89. The lowest BCUT2D eigenvalue weighted by molar-refractivity contribution is -0.137. The molecule has 0 bridgehead atoms. The van der Waals surface area contributed by atoms with Crippen molar-refractivity contribution >= 4 is 0 Å². The maximum absolute atomic E-state index is 12.8. The zero-order valence-corrected chi connectivity index (χ0v) is 13.6. The summed E-state index contributed by atoms with van der Waals surface area (Å²) in [5.41, 5.74) is -0.370. The molecule has 1 aliphatic rings. The molecule has 24 heavy (non-hydrogen) atoms. The summed E-state index contributed by atoms with van der Waals surface area (Å²) in [6, 6.07) is 5.04. The number of aromatic nitrogens is 2. The van der Waals surface area contributed by atoms with Gasteiger partial charge in [0.25, 0.3) is 0 Å². The van der Waals surface area contributed by atoms with E-state index in [1.807, 2.05) is 0 Å². The van der Waals surface area contributed by atoms with Crippen LogP contribution in [0.4, 0.5) is 13.2 Å². The van der Waals surface area contributed by atoms with Crippen molar-refractivity contribution in [1.29, 1.82) is 0 Å². The van der Waals surface area contributed by atoms with Crippen molar-refractivity contribution in [2.75, 3.05) is 0 Å². The van der Waals surface area contributed by atoms with Gasteiger partial charge in [0.05, 0.1) is 5.56 Å². The molecule has 1 aliphatic carbocycles. The van der Waals surface area contributed by atoms with E-state index in [0.717, 1.165) is 43.7 Å². The number of hydrogen-bond acceptors (Lipinski definition) is 3. The summed E-state index contributed by atoms with van der Waals surface area (Å²) in [6.07, 6.45) is 2.41. The van der Waals surface area contributed by atoms with Crippen LogP contribution in [0.1, 0.15) is 62.8 Å². The quantitative estimate of drug-likeness (QED) is 0.704. The van der Waals surface area contributed by atoms with E-state index in [1.165, 1.54) is 18.9 Å². The molecule has 0 atom stereocenters. The molecule has 130 valence electrons. The molecule has 0 amide bonds. The molecule has 1 fully saturated rings. The van der Waals surface area contributed by atoms with Crippen molar-refractivity contribution in [1.82, 2.24) is 10.1 Å². The largest absolute Gasteiger partial charge is 0.416 e. The summed E-state index contributed by atoms with van der Waals surface area (Å²) in [7, 11) is 0. The first-order valence-corrected chi connectivity index (χ1v) is 8.48. The molecule has 3 nitrogen and oxygen atoms in total. The minimum atomic E-state index is -4.37. The summed E-state index contributed by atoms with van der Waals surface area (Å²) in [5.74, 6) is 1.78. The number of nitrogens with zero attached hydrogens (tertiary/aromatic N) is 2. The van der Waals surface area contributed by atoms with Gasteiger partial charge in [0.1, 0.15) is 0 Å². The van der Waals surface area contributed by atoms with E-state index in [0.29, 0.717) is 11.5 Å². The highest BCUT2D eigenvalue weighted by molar-refractivity contribution is 5.55. The molecule has 1 saturated carbocycles. The van der Waals surface area contributed by atoms with E-state index in [2.05, 4.69) is 17.1 Å². The number of alkyl halides is 3. The standard InChI is InChI=1S/C18H21F3N2O/c1-2-4-12-7-9-13(10-8-12)17-22-16(23-24-17)14-5-3-6-15(11-14)18(19,20)21/h3,5-6,11-13H,2,4,7-10H2,1H3. The third kappa shape index (κ3) is 3.79. The third-order valence-corrected chi connectivity index (χ3v) is 4.78. The smallest absolute Gasteiger partial charge is 0.339 e. The van der Waals surface area contributed by atoms with Crippen molar-refractivity contribution < 1.29 is 17.7 Å². The minimum absolute atomic E-state index is 0.227. The van der Waals surface area contributed by atoms with Crippen LogP contribution in [0.2, 0.25) is 0 Å². The summed E-state index contributed by atoms with van der Waals surface area (Å²) in [6.45, 7) is 2.20. The van der Waals surface area contributed by atoms with Gasteiger partial charge in [-0.1, -0.05) is 37.1 Å². The predicted molar refractivity (Wildman–Crippen MR) is 84.3 cm³/mol. The first-order chi connectivity index (χ1) is 11.5. The maximum atomic E-state index is 12.8. The van der Waals surface area contributed by atoms with E-state index in [4.69, 9.17) is 4.52 Å². The fraction of sp³-hybridized carbons (Fsp3) is 0.556. The fourth-order valence-electron chi connectivity index (χ4n) is 3.46. The van der Waals surface area contributed by atoms with Crippen LogP contribution in [-0.2, 0) is 6.18 Å². The Hall–Kier alpha value is -1.85. The van der Waals surface area contributed by atoms with E-state index in [-0.39, 0.29) is 11.7 Å². The molecule has 0 saturated heterocycles. The molecule has 0 aliphatic heterocycles. The SMILES string of the molecule is CCCC1CCC(c2nc(-c3cccc(C(F)(F)F)c3)no2)CC1. The lowest BCUT2D eigenvalue weighted by Crippen LogP contribution is -2.13. The van der Waals surface area contributed by atoms with Crippen LogP contribution in [0.15, 0.2) is 28.8 Å². The van der Waals surface area contributed by atoms with E-state index in [9.17, 15) is 13.2 Å². The molecule has 3 rings (SSSR count). The van der Waals surface area contributed by atoms with Gasteiger partial charge in [0.15, 0.2) is 0 Å². The van der Waals surface area contributed by atoms with Gasteiger partial charge < -0.3 is 4.52 Å².